The van der Waals surface area contributed by atoms with Crippen molar-refractivity contribution in [1.82, 2.24) is 19.4 Å². The van der Waals surface area contributed by atoms with Gasteiger partial charge in [-0.3, -0.25) is 19.5 Å². The number of carbonyl (C=O) groups is 1. The summed E-state index contributed by atoms with van der Waals surface area (Å²) >= 11 is 0. The average Bonchev–Trinajstić information content (AvgIpc) is 2.75. The maximum absolute atomic E-state index is 12.7. The molecule has 3 aliphatic rings. The van der Waals surface area contributed by atoms with Gasteiger partial charge in [-0.1, -0.05) is 6.07 Å². The molecule has 0 aliphatic carbocycles. The van der Waals surface area contributed by atoms with E-state index in [-0.39, 0.29) is 11.5 Å². The lowest BCUT2D eigenvalue weighted by Gasteiger charge is -2.48. The Morgan fingerprint density at radius 2 is 1.93 bits per heavy atom. The van der Waals surface area contributed by atoms with Crippen molar-refractivity contribution in [3.05, 3.63) is 52.7 Å². The Hall–Kier alpha value is -2.47. The molecular formula is C23H28N4O2. The van der Waals surface area contributed by atoms with Crippen LogP contribution in [0.4, 0.5) is 0 Å². The highest BCUT2D eigenvalue weighted by atomic mass is 16.2. The molecule has 0 N–H and O–H groups in total. The minimum Gasteiger partial charge on any atom is -0.343 e. The van der Waals surface area contributed by atoms with Crippen LogP contribution in [0.15, 0.2) is 41.5 Å². The standard InChI is InChI=1S/C23H28N4O2/c1-16(28)25-9-6-20(7-10-25)26-13-17-11-19(15-26)23-21(18-3-2-8-24-12-18)4-5-22(29)27(23)14-17/h2-5,8,12,17,19-20H,6-7,9-11,13-15H2,1H3/t17-,19-/m1/s1. The summed E-state index contributed by atoms with van der Waals surface area (Å²) in [6, 6.07) is 8.27. The summed E-state index contributed by atoms with van der Waals surface area (Å²) in [6.07, 6.45) is 6.94. The highest BCUT2D eigenvalue weighted by Gasteiger charge is 2.39. The zero-order valence-corrected chi connectivity index (χ0v) is 17.0. The van der Waals surface area contributed by atoms with Crippen LogP contribution >= 0.6 is 0 Å². The zero-order valence-electron chi connectivity index (χ0n) is 17.0. The van der Waals surface area contributed by atoms with Crippen LogP contribution in [0.25, 0.3) is 11.1 Å². The molecule has 3 aliphatic heterocycles. The monoisotopic (exact) mass is 392 g/mol. The van der Waals surface area contributed by atoms with Gasteiger partial charge in [0, 0.05) is 86.9 Å². The van der Waals surface area contributed by atoms with Crippen LogP contribution < -0.4 is 5.56 Å². The van der Waals surface area contributed by atoms with Gasteiger partial charge in [0.2, 0.25) is 5.91 Å². The number of hydrogen-bond donors (Lipinski definition) is 0. The summed E-state index contributed by atoms with van der Waals surface area (Å²) < 4.78 is 2.02. The second-order valence-corrected chi connectivity index (χ2v) is 8.81. The Morgan fingerprint density at radius 1 is 1.10 bits per heavy atom. The van der Waals surface area contributed by atoms with E-state index in [0.29, 0.717) is 17.9 Å². The number of carbonyl (C=O) groups excluding carboxylic acids is 1. The molecule has 2 fully saturated rings. The van der Waals surface area contributed by atoms with Gasteiger partial charge in [0.1, 0.15) is 0 Å². The molecule has 0 saturated carbocycles. The Labute approximate surface area is 171 Å². The Morgan fingerprint density at radius 3 is 2.66 bits per heavy atom. The fourth-order valence-electron chi connectivity index (χ4n) is 5.66. The van der Waals surface area contributed by atoms with Crippen molar-refractivity contribution >= 4 is 5.91 Å². The quantitative estimate of drug-likeness (QED) is 0.787. The maximum atomic E-state index is 12.7. The first-order valence-electron chi connectivity index (χ1n) is 10.7. The summed E-state index contributed by atoms with van der Waals surface area (Å²) in [7, 11) is 0. The van der Waals surface area contributed by atoms with Gasteiger partial charge in [-0.15, -0.1) is 0 Å². The lowest BCUT2D eigenvalue weighted by Crippen LogP contribution is -2.53. The fourth-order valence-corrected chi connectivity index (χ4v) is 5.66. The lowest BCUT2D eigenvalue weighted by molar-refractivity contribution is -0.130. The van der Waals surface area contributed by atoms with Crippen LogP contribution in [0.5, 0.6) is 0 Å². The van der Waals surface area contributed by atoms with E-state index in [1.807, 2.05) is 27.8 Å². The molecule has 2 aromatic heterocycles. The van der Waals surface area contributed by atoms with Crippen LogP contribution in [-0.2, 0) is 11.3 Å². The average molecular weight is 393 g/mol. The number of rotatable bonds is 2. The topological polar surface area (TPSA) is 58.4 Å². The van der Waals surface area contributed by atoms with E-state index >= 15 is 0 Å². The third-order valence-corrected chi connectivity index (χ3v) is 7.02. The summed E-state index contributed by atoms with van der Waals surface area (Å²) in [5.41, 5.74) is 3.54. The zero-order chi connectivity index (χ0) is 20.0. The van der Waals surface area contributed by atoms with Crippen LogP contribution in [-0.4, -0.2) is 57.5 Å². The highest BCUT2D eigenvalue weighted by Crippen LogP contribution is 2.40. The number of likely N-dealkylation sites (tertiary alicyclic amines) is 2. The number of hydrogen-bond acceptors (Lipinski definition) is 4. The third-order valence-electron chi connectivity index (χ3n) is 7.02. The largest absolute Gasteiger partial charge is 0.343 e. The first kappa shape index (κ1) is 18.6. The van der Waals surface area contributed by atoms with Crippen molar-refractivity contribution in [2.45, 2.75) is 44.7 Å². The predicted octanol–water partition coefficient (Wildman–Crippen LogP) is 2.34. The minimum absolute atomic E-state index is 0.116. The van der Waals surface area contributed by atoms with E-state index in [0.717, 1.165) is 63.1 Å². The van der Waals surface area contributed by atoms with Crippen molar-refractivity contribution in [3.63, 3.8) is 0 Å². The molecule has 6 nitrogen and oxygen atoms in total. The summed E-state index contributed by atoms with van der Waals surface area (Å²) in [6.45, 7) is 6.26. The number of amides is 1. The number of fused-ring (bicyclic) bond motifs is 4. The minimum atomic E-state index is 0.116. The van der Waals surface area contributed by atoms with E-state index in [1.165, 1.54) is 5.69 Å². The van der Waals surface area contributed by atoms with Crippen molar-refractivity contribution in [2.24, 2.45) is 5.92 Å². The van der Waals surface area contributed by atoms with E-state index in [4.69, 9.17) is 0 Å². The molecule has 6 heteroatoms. The van der Waals surface area contributed by atoms with Crippen molar-refractivity contribution in [2.75, 3.05) is 26.2 Å². The van der Waals surface area contributed by atoms with Gasteiger partial charge in [-0.05, 0) is 37.3 Å². The molecule has 0 radical (unpaired) electrons. The predicted molar refractivity (Wildman–Crippen MR) is 112 cm³/mol. The smallest absolute Gasteiger partial charge is 0.250 e. The molecule has 2 bridgehead atoms. The van der Waals surface area contributed by atoms with E-state index in [9.17, 15) is 9.59 Å². The van der Waals surface area contributed by atoms with Crippen LogP contribution in [0, 0.1) is 5.92 Å². The van der Waals surface area contributed by atoms with Crippen molar-refractivity contribution in [1.29, 1.82) is 0 Å². The van der Waals surface area contributed by atoms with E-state index in [1.54, 1.807) is 19.2 Å². The van der Waals surface area contributed by atoms with E-state index in [2.05, 4.69) is 16.0 Å². The van der Waals surface area contributed by atoms with E-state index < -0.39 is 0 Å². The van der Waals surface area contributed by atoms with Gasteiger partial charge >= 0.3 is 0 Å². The van der Waals surface area contributed by atoms with Gasteiger partial charge in [0.25, 0.3) is 5.56 Å². The van der Waals surface area contributed by atoms with Crippen molar-refractivity contribution in [3.8, 4) is 11.1 Å². The lowest BCUT2D eigenvalue weighted by atomic mass is 9.79. The molecule has 0 aromatic carbocycles. The second-order valence-electron chi connectivity index (χ2n) is 8.81. The van der Waals surface area contributed by atoms with Crippen LogP contribution in [0.1, 0.15) is 37.8 Å². The number of nitrogens with zero attached hydrogens (tertiary/aromatic N) is 4. The molecule has 1 amide bonds. The highest BCUT2D eigenvalue weighted by molar-refractivity contribution is 5.73. The van der Waals surface area contributed by atoms with Gasteiger partial charge < -0.3 is 9.47 Å². The normalized spacial score (nSPS) is 24.9. The molecule has 2 aromatic rings. The third kappa shape index (κ3) is 3.39. The molecule has 5 rings (SSSR count). The Kier molecular flexibility index (Phi) is 4.74. The molecule has 5 heterocycles. The Bertz CT molecular complexity index is 963. The SMILES string of the molecule is CC(=O)N1CCC(N2C[C@H]3C[C@H](C2)c2c(-c4cccnc4)ccc(=O)n2C3)CC1. The molecule has 0 unspecified atom stereocenters. The first-order chi connectivity index (χ1) is 14.1. The fraction of sp³-hybridized carbons (Fsp3) is 0.522. The van der Waals surface area contributed by atoms with Crippen molar-refractivity contribution < 1.29 is 4.79 Å². The van der Waals surface area contributed by atoms with Crippen LogP contribution in [0.3, 0.4) is 0 Å². The number of pyridine rings is 2. The number of piperidine rings is 2. The molecule has 29 heavy (non-hydrogen) atoms. The molecular weight excluding hydrogens is 364 g/mol. The van der Waals surface area contributed by atoms with Gasteiger partial charge in [-0.25, -0.2) is 0 Å². The second kappa shape index (κ2) is 7.41. The van der Waals surface area contributed by atoms with Crippen LogP contribution in [0.2, 0.25) is 0 Å². The molecule has 2 atom stereocenters. The summed E-state index contributed by atoms with van der Waals surface area (Å²) in [4.78, 5) is 33.2. The van der Waals surface area contributed by atoms with Gasteiger partial charge in [-0.2, -0.15) is 0 Å². The number of aromatic nitrogens is 2. The molecule has 2 saturated heterocycles. The molecule has 0 spiro atoms. The summed E-state index contributed by atoms with van der Waals surface area (Å²) in [5, 5.41) is 0. The first-order valence-corrected chi connectivity index (χ1v) is 10.7. The Balaban J connectivity index is 1.44. The maximum Gasteiger partial charge on any atom is 0.250 e. The van der Waals surface area contributed by atoms with Gasteiger partial charge in [0.05, 0.1) is 0 Å². The van der Waals surface area contributed by atoms with Gasteiger partial charge in [0.15, 0.2) is 0 Å². The summed E-state index contributed by atoms with van der Waals surface area (Å²) in [5.74, 6) is 1.08. The molecule has 152 valence electrons.